The molecule has 18 heavy (non-hydrogen) atoms. The van der Waals surface area contributed by atoms with Crippen LogP contribution < -0.4 is 5.32 Å². The van der Waals surface area contributed by atoms with Crippen LogP contribution in [-0.2, 0) is 4.79 Å². The summed E-state index contributed by atoms with van der Waals surface area (Å²) >= 11 is 0. The Bertz CT molecular complexity index is 457. The van der Waals surface area contributed by atoms with Crippen LogP contribution in [0, 0.1) is 17.8 Å². The van der Waals surface area contributed by atoms with Crippen LogP contribution in [-0.4, -0.2) is 17.6 Å². The van der Waals surface area contributed by atoms with E-state index >= 15 is 0 Å². The molecule has 1 aromatic rings. The van der Waals surface area contributed by atoms with Crippen molar-refractivity contribution < 1.29 is 9.90 Å². The molecule has 0 fully saturated rings. The van der Waals surface area contributed by atoms with E-state index in [1.165, 1.54) is 0 Å². The molecule has 3 nitrogen and oxygen atoms in total. The fourth-order valence-corrected chi connectivity index (χ4v) is 1.36. The van der Waals surface area contributed by atoms with Gasteiger partial charge >= 0.3 is 0 Å². The van der Waals surface area contributed by atoms with E-state index < -0.39 is 0 Å². The monoisotopic (exact) mass is 245 g/mol. The Morgan fingerprint density at radius 2 is 2.17 bits per heavy atom. The van der Waals surface area contributed by atoms with Crippen molar-refractivity contribution in [1.29, 1.82) is 0 Å². The minimum absolute atomic E-state index is 0.00825. The highest BCUT2D eigenvalue weighted by molar-refractivity contribution is 5.93. The van der Waals surface area contributed by atoms with Crippen molar-refractivity contribution in [3.05, 3.63) is 29.8 Å². The number of anilines is 1. The highest BCUT2D eigenvalue weighted by Gasteiger charge is 2.11. The molecule has 1 rings (SSSR count). The molecule has 3 heteroatoms. The van der Waals surface area contributed by atoms with E-state index in [4.69, 9.17) is 5.11 Å². The molecule has 1 aromatic carbocycles. The average Bonchev–Trinajstić information content (AvgIpc) is 2.40. The largest absolute Gasteiger partial charge is 0.395 e. The fraction of sp³-hybridized carbons (Fsp3) is 0.400. The number of para-hydroxylation sites is 1. The summed E-state index contributed by atoms with van der Waals surface area (Å²) in [4.78, 5) is 11.8. The van der Waals surface area contributed by atoms with Crippen molar-refractivity contribution in [2.24, 2.45) is 5.92 Å². The van der Waals surface area contributed by atoms with Crippen molar-refractivity contribution in [2.75, 3.05) is 11.9 Å². The van der Waals surface area contributed by atoms with Gasteiger partial charge in [0.25, 0.3) is 0 Å². The molecule has 0 aromatic heterocycles. The first-order valence-corrected chi connectivity index (χ1v) is 6.18. The Morgan fingerprint density at radius 3 is 2.83 bits per heavy atom. The minimum atomic E-state index is -0.0107. The van der Waals surface area contributed by atoms with Gasteiger partial charge in [0.1, 0.15) is 0 Å². The number of hydrogen-bond donors (Lipinski definition) is 2. The first kappa shape index (κ1) is 14.3. The second-order valence-corrected chi connectivity index (χ2v) is 4.12. The molecule has 1 unspecified atom stereocenters. The van der Waals surface area contributed by atoms with Crippen molar-refractivity contribution in [1.82, 2.24) is 0 Å². The lowest BCUT2D eigenvalue weighted by atomic mass is 10.1. The number of rotatable bonds is 4. The number of aliphatic hydroxyl groups is 1. The highest BCUT2D eigenvalue weighted by atomic mass is 16.2. The van der Waals surface area contributed by atoms with Gasteiger partial charge in [0.05, 0.1) is 12.3 Å². The number of aliphatic hydroxyl groups excluding tert-OH is 1. The molecule has 0 spiro atoms. The van der Waals surface area contributed by atoms with Crippen LogP contribution >= 0.6 is 0 Å². The Morgan fingerprint density at radius 1 is 1.44 bits per heavy atom. The van der Waals surface area contributed by atoms with Crippen LogP contribution in [0.5, 0.6) is 0 Å². The van der Waals surface area contributed by atoms with Crippen molar-refractivity contribution in [3.63, 3.8) is 0 Å². The van der Waals surface area contributed by atoms with Crippen molar-refractivity contribution in [2.45, 2.75) is 26.7 Å². The topological polar surface area (TPSA) is 49.3 Å². The van der Waals surface area contributed by atoms with Gasteiger partial charge in [-0.05, 0) is 18.6 Å². The van der Waals surface area contributed by atoms with Crippen LogP contribution in [0.1, 0.15) is 32.3 Å². The van der Waals surface area contributed by atoms with Crippen LogP contribution in [0.4, 0.5) is 5.69 Å². The summed E-state index contributed by atoms with van der Waals surface area (Å²) in [6.07, 6.45) is 1.25. The molecular weight excluding hydrogens is 226 g/mol. The van der Waals surface area contributed by atoms with Crippen LogP contribution in [0.3, 0.4) is 0 Å². The first-order chi connectivity index (χ1) is 8.69. The number of benzene rings is 1. The van der Waals surface area contributed by atoms with Gasteiger partial charge in [0.15, 0.2) is 0 Å². The standard InChI is InChI=1S/C15H19NO2/c1-3-12(2)15(18)16-14-10-5-4-8-13(14)9-6-7-11-17/h4-5,8,10,12,17H,3,7,11H2,1-2H3,(H,16,18). The molecule has 0 saturated heterocycles. The van der Waals surface area contributed by atoms with Gasteiger partial charge in [-0.2, -0.15) is 0 Å². The maximum atomic E-state index is 11.8. The molecule has 1 amide bonds. The zero-order valence-electron chi connectivity index (χ0n) is 10.9. The Balaban J connectivity index is 2.83. The summed E-state index contributed by atoms with van der Waals surface area (Å²) < 4.78 is 0. The second-order valence-electron chi connectivity index (χ2n) is 4.12. The van der Waals surface area contributed by atoms with Crippen molar-refractivity contribution in [3.8, 4) is 11.8 Å². The lowest BCUT2D eigenvalue weighted by Gasteiger charge is -2.11. The summed E-state index contributed by atoms with van der Waals surface area (Å²) in [6.45, 7) is 3.93. The summed E-state index contributed by atoms with van der Waals surface area (Å²) in [5.41, 5.74) is 1.51. The van der Waals surface area contributed by atoms with Gasteiger partial charge in [-0.3, -0.25) is 4.79 Å². The third-order valence-electron chi connectivity index (χ3n) is 2.70. The molecule has 0 aliphatic rings. The predicted octanol–water partition coefficient (Wildman–Crippen LogP) is 2.41. The maximum Gasteiger partial charge on any atom is 0.227 e. The summed E-state index contributed by atoms with van der Waals surface area (Å²) in [6, 6.07) is 7.44. The zero-order valence-corrected chi connectivity index (χ0v) is 10.9. The molecule has 0 saturated carbocycles. The molecule has 0 aliphatic heterocycles. The first-order valence-electron chi connectivity index (χ1n) is 6.18. The van der Waals surface area contributed by atoms with E-state index in [0.717, 1.165) is 17.7 Å². The number of carbonyl (C=O) groups excluding carboxylic acids is 1. The quantitative estimate of drug-likeness (QED) is 0.800. The SMILES string of the molecule is CCC(C)C(=O)Nc1ccccc1C#CCCO. The van der Waals surface area contributed by atoms with E-state index in [1.807, 2.05) is 38.1 Å². The Kier molecular flexibility index (Phi) is 5.96. The summed E-state index contributed by atoms with van der Waals surface area (Å²) in [5.74, 6) is 5.81. The molecule has 0 aliphatic carbocycles. The summed E-state index contributed by atoms with van der Waals surface area (Å²) in [7, 11) is 0. The molecule has 2 N–H and O–H groups in total. The third kappa shape index (κ3) is 4.23. The lowest BCUT2D eigenvalue weighted by Crippen LogP contribution is -2.20. The third-order valence-corrected chi connectivity index (χ3v) is 2.70. The van der Waals surface area contributed by atoms with Gasteiger partial charge in [-0.15, -0.1) is 0 Å². The highest BCUT2D eigenvalue weighted by Crippen LogP contribution is 2.15. The lowest BCUT2D eigenvalue weighted by molar-refractivity contribution is -0.119. The van der Waals surface area contributed by atoms with Crippen LogP contribution in [0.25, 0.3) is 0 Å². The van der Waals surface area contributed by atoms with Gasteiger partial charge in [-0.25, -0.2) is 0 Å². The van der Waals surface area contributed by atoms with Crippen LogP contribution in [0.2, 0.25) is 0 Å². The second kappa shape index (κ2) is 7.52. The number of amides is 1. The number of nitrogens with one attached hydrogen (secondary N) is 1. The predicted molar refractivity (Wildman–Crippen MR) is 73.1 cm³/mol. The zero-order chi connectivity index (χ0) is 13.4. The molecule has 0 bridgehead atoms. The Hall–Kier alpha value is -1.79. The molecule has 1 atom stereocenters. The fourth-order valence-electron chi connectivity index (χ4n) is 1.36. The molecular formula is C15H19NO2. The summed E-state index contributed by atoms with van der Waals surface area (Å²) in [5, 5.41) is 11.6. The molecule has 0 heterocycles. The maximum absolute atomic E-state index is 11.8. The van der Waals surface area contributed by atoms with Crippen molar-refractivity contribution >= 4 is 11.6 Å². The molecule has 96 valence electrons. The van der Waals surface area contributed by atoms with E-state index in [0.29, 0.717) is 6.42 Å². The van der Waals surface area contributed by atoms with Gasteiger partial charge in [0, 0.05) is 17.9 Å². The normalized spacial score (nSPS) is 11.3. The van der Waals surface area contributed by atoms with Gasteiger partial charge in [-0.1, -0.05) is 37.8 Å². The van der Waals surface area contributed by atoms with E-state index in [-0.39, 0.29) is 18.4 Å². The minimum Gasteiger partial charge on any atom is -0.395 e. The number of hydrogen-bond acceptors (Lipinski definition) is 2. The average molecular weight is 245 g/mol. The Labute approximate surface area is 108 Å². The van der Waals surface area contributed by atoms with Gasteiger partial charge in [0.2, 0.25) is 5.91 Å². The van der Waals surface area contributed by atoms with Gasteiger partial charge < -0.3 is 10.4 Å². The van der Waals surface area contributed by atoms with Crippen LogP contribution in [0.15, 0.2) is 24.3 Å². The number of carbonyl (C=O) groups is 1. The molecule has 0 radical (unpaired) electrons. The smallest absolute Gasteiger partial charge is 0.227 e. The van der Waals surface area contributed by atoms with E-state index in [2.05, 4.69) is 17.2 Å². The van der Waals surface area contributed by atoms with E-state index in [9.17, 15) is 4.79 Å². The van der Waals surface area contributed by atoms with E-state index in [1.54, 1.807) is 0 Å².